The molecular formula is C9H11ClFN. The summed E-state index contributed by atoms with van der Waals surface area (Å²) in [5, 5.41) is 0.523. The molecule has 0 amide bonds. The van der Waals surface area contributed by atoms with E-state index in [0.717, 1.165) is 0 Å². The van der Waals surface area contributed by atoms with E-state index in [1.54, 1.807) is 6.07 Å². The predicted octanol–water partition coefficient (Wildman–Crippen LogP) is 2.89. The highest BCUT2D eigenvalue weighted by Gasteiger charge is 2.09. The molecule has 2 N–H and O–H groups in total. The third-order valence-corrected chi connectivity index (χ3v) is 2.03. The van der Waals surface area contributed by atoms with E-state index in [1.165, 1.54) is 12.1 Å². The minimum absolute atomic E-state index is 0.260. The number of rotatable bonds is 2. The van der Waals surface area contributed by atoms with Crippen molar-refractivity contribution in [2.24, 2.45) is 5.73 Å². The molecule has 3 heteroatoms. The van der Waals surface area contributed by atoms with Crippen molar-refractivity contribution in [3.05, 3.63) is 34.6 Å². The summed E-state index contributed by atoms with van der Waals surface area (Å²) in [6.07, 6.45) is 0.706. The SMILES string of the molecule is CCC(N)c1cc(Cl)ccc1F. The molecular weight excluding hydrogens is 177 g/mol. The first-order valence-electron chi connectivity index (χ1n) is 3.85. The second-order valence-electron chi connectivity index (χ2n) is 2.68. The third kappa shape index (κ3) is 1.96. The Balaban J connectivity index is 3.04. The van der Waals surface area contributed by atoms with Crippen molar-refractivity contribution >= 4 is 11.6 Å². The van der Waals surface area contributed by atoms with E-state index in [1.807, 2.05) is 6.92 Å². The third-order valence-electron chi connectivity index (χ3n) is 1.80. The van der Waals surface area contributed by atoms with Crippen LogP contribution in [0.4, 0.5) is 4.39 Å². The summed E-state index contributed by atoms with van der Waals surface area (Å²) in [7, 11) is 0. The Morgan fingerprint density at radius 1 is 1.58 bits per heavy atom. The minimum Gasteiger partial charge on any atom is -0.324 e. The van der Waals surface area contributed by atoms with Gasteiger partial charge in [-0.05, 0) is 24.6 Å². The Morgan fingerprint density at radius 2 is 2.25 bits per heavy atom. The molecule has 0 aliphatic carbocycles. The smallest absolute Gasteiger partial charge is 0.128 e. The Labute approximate surface area is 76.3 Å². The van der Waals surface area contributed by atoms with Gasteiger partial charge in [-0.25, -0.2) is 4.39 Å². The summed E-state index contributed by atoms with van der Waals surface area (Å²) < 4.78 is 13.1. The number of hydrogen-bond donors (Lipinski definition) is 1. The van der Waals surface area contributed by atoms with Crippen LogP contribution in [0.3, 0.4) is 0 Å². The molecule has 0 saturated carbocycles. The van der Waals surface area contributed by atoms with Gasteiger partial charge >= 0.3 is 0 Å². The van der Waals surface area contributed by atoms with Crippen molar-refractivity contribution in [2.45, 2.75) is 19.4 Å². The van der Waals surface area contributed by atoms with Crippen LogP contribution in [-0.2, 0) is 0 Å². The van der Waals surface area contributed by atoms with Gasteiger partial charge < -0.3 is 5.73 Å². The van der Waals surface area contributed by atoms with E-state index < -0.39 is 0 Å². The molecule has 1 aromatic rings. The van der Waals surface area contributed by atoms with Crippen LogP contribution in [0, 0.1) is 5.82 Å². The van der Waals surface area contributed by atoms with E-state index in [4.69, 9.17) is 17.3 Å². The van der Waals surface area contributed by atoms with Crippen LogP contribution in [0.2, 0.25) is 5.02 Å². The number of benzene rings is 1. The maximum atomic E-state index is 13.1. The van der Waals surface area contributed by atoms with Crippen molar-refractivity contribution in [1.29, 1.82) is 0 Å². The van der Waals surface area contributed by atoms with Crippen molar-refractivity contribution in [3.63, 3.8) is 0 Å². The average Bonchev–Trinajstić information content (AvgIpc) is 2.08. The van der Waals surface area contributed by atoms with Crippen LogP contribution in [0.15, 0.2) is 18.2 Å². The molecule has 0 aliphatic heterocycles. The lowest BCUT2D eigenvalue weighted by Gasteiger charge is -2.09. The molecule has 1 nitrogen and oxygen atoms in total. The van der Waals surface area contributed by atoms with Gasteiger partial charge in [0.1, 0.15) is 5.82 Å². The molecule has 66 valence electrons. The first-order valence-corrected chi connectivity index (χ1v) is 4.23. The molecule has 0 saturated heterocycles. The van der Waals surface area contributed by atoms with Crippen molar-refractivity contribution < 1.29 is 4.39 Å². The summed E-state index contributed by atoms with van der Waals surface area (Å²) in [5.74, 6) is -0.284. The van der Waals surface area contributed by atoms with E-state index in [9.17, 15) is 4.39 Å². The fourth-order valence-corrected chi connectivity index (χ4v) is 1.20. The second-order valence-corrected chi connectivity index (χ2v) is 3.12. The van der Waals surface area contributed by atoms with Gasteiger partial charge in [-0.3, -0.25) is 0 Å². The summed E-state index contributed by atoms with van der Waals surface area (Å²) in [4.78, 5) is 0. The van der Waals surface area contributed by atoms with Crippen LogP contribution < -0.4 is 5.73 Å². The summed E-state index contributed by atoms with van der Waals surface area (Å²) in [6, 6.07) is 4.17. The fraction of sp³-hybridized carbons (Fsp3) is 0.333. The fourth-order valence-electron chi connectivity index (χ4n) is 1.02. The Hall–Kier alpha value is -0.600. The number of halogens is 2. The van der Waals surface area contributed by atoms with E-state index in [2.05, 4.69) is 0 Å². The highest BCUT2D eigenvalue weighted by Crippen LogP contribution is 2.21. The maximum Gasteiger partial charge on any atom is 0.128 e. The standard InChI is InChI=1S/C9H11ClFN/c1-2-9(12)7-5-6(10)3-4-8(7)11/h3-5,9H,2,12H2,1H3. The van der Waals surface area contributed by atoms with Crippen molar-refractivity contribution in [1.82, 2.24) is 0 Å². The average molecular weight is 188 g/mol. The molecule has 0 spiro atoms. The highest BCUT2D eigenvalue weighted by atomic mass is 35.5. The molecule has 1 rings (SSSR count). The first kappa shape index (κ1) is 9.49. The van der Waals surface area contributed by atoms with Gasteiger partial charge in [0, 0.05) is 16.6 Å². The molecule has 0 aliphatic rings. The highest BCUT2D eigenvalue weighted by molar-refractivity contribution is 6.30. The topological polar surface area (TPSA) is 26.0 Å². The number of nitrogens with two attached hydrogens (primary N) is 1. The predicted molar refractivity (Wildman–Crippen MR) is 48.6 cm³/mol. The van der Waals surface area contributed by atoms with Crippen LogP contribution in [-0.4, -0.2) is 0 Å². The molecule has 0 fully saturated rings. The van der Waals surface area contributed by atoms with E-state index in [0.29, 0.717) is 17.0 Å². The lowest BCUT2D eigenvalue weighted by atomic mass is 10.1. The molecule has 0 aromatic heterocycles. The maximum absolute atomic E-state index is 13.1. The van der Waals surface area contributed by atoms with Crippen LogP contribution in [0.25, 0.3) is 0 Å². The van der Waals surface area contributed by atoms with Crippen LogP contribution in [0.1, 0.15) is 24.9 Å². The number of hydrogen-bond acceptors (Lipinski definition) is 1. The zero-order valence-electron chi connectivity index (χ0n) is 6.85. The molecule has 1 aromatic carbocycles. The van der Waals surface area contributed by atoms with Gasteiger partial charge in [0.2, 0.25) is 0 Å². The summed E-state index contributed by atoms with van der Waals surface area (Å²) >= 11 is 5.70. The Morgan fingerprint density at radius 3 is 2.83 bits per heavy atom. The lowest BCUT2D eigenvalue weighted by Crippen LogP contribution is -2.10. The molecule has 12 heavy (non-hydrogen) atoms. The summed E-state index contributed by atoms with van der Waals surface area (Å²) in [5.41, 5.74) is 6.16. The van der Waals surface area contributed by atoms with Gasteiger partial charge in [-0.2, -0.15) is 0 Å². The Bertz CT molecular complexity index is 275. The van der Waals surface area contributed by atoms with Crippen molar-refractivity contribution in [2.75, 3.05) is 0 Å². The van der Waals surface area contributed by atoms with Crippen LogP contribution >= 0.6 is 11.6 Å². The van der Waals surface area contributed by atoms with Crippen molar-refractivity contribution in [3.8, 4) is 0 Å². The van der Waals surface area contributed by atoms with Crippen LogP contribution in [0.5, 0.6) is 0 Å². The zero-order chi connectivity index (χ0) is 9.14. The summed E-state index contributed by atoms with van der Waals surface area (Å²) in [6.45, 7) is 1.91. The Kier molecular flexibility index (Phi) is 3.06. The monoisotopic (exact) mass is 187 g/mol. The van der Waals surface area contributed by atoms with Gasteiger partial charge in [-0.1, -0.05) is 18.5 Å². The molecule has 1 unspecified atom stereocenters. The first-order chi connectivity index (χ1) is 5.65. The molecule has 0 heterocycles. The molecule has 1 atom stereocenters. The largest absolute Gasteiger partial charge is 0.324 e. The lowest BCUT2D eigenvalue weighted by molar-refractivity contribution is 0.575. The molecule has 0 radical (unpaired) electrons. The van der Waals surface area contributed by atoms with E-state index in [-0.39, 0.29) is 11.9 Å². The van der Waals surface area contributed by atoms with Gasteiger partial charge in [-0.15, -0.1) is 0 Å². The van der Waals surface area contributed by atoms with E-state index >= 15 is 0 Å². The van der Waals surface area contributed by atoms with Gasteiger partial charge in [0.15, 0.2) is 0 Å². The second kappa shape index (κ2) is 3.87. The zero-order valence-corrected chi connectivity index (χ0v) is 7.61. The molecule has 0 bridgehead atoms. The minimum atomic E-state index is -0.284. The van der Waals surface area contributed by atoms with Gasteiger partial charge in [0.25, 0.3) is 0 Å². The quantitative estimate of drug-likeness (QED) is 0.757. The van der Waals surface area contributed by atoms with Gasteiger partial charge in [0.05, 0.1) is 0 Å². The normalized spacial score (nSPS) is 13.0.